The molecule has 10 aromatic rings. The van der Waals surface area contributed by atoms with Gasteiger partial charge in [0.1, 0.15) is 24.6 Å². The summed E-state index contributed by atoms with van der Waals surface area (Å²) in [5.41, 5.74) is 14.7. The van der Waals surface area contributed by atoms with Crippen LogP contribution in [0.2, 0.25) is 0 Å². The van der Waals surface area contributed by atoms with Crippen LogP contribution in [0.3, 0.4) is 0 Å². The average molecular weight is 1320 g/mol. The van der Waals surface area contributed by atoms with Crippen LogP contribution >= 0.6 is 31.7 Å². The van der Waals surface area contributed by atoms with Gasteiger partial charge in [-0.3, -0.25) is 0 Å². The van der Waals surface area contributed by atoms with Crippen molar-refractivity contribution in [2.24, 2.45) is 0 Å². The Bertz CT molecular complexity index is 2720. The Morgan fingerprint density at radius 2 is 0.402 bits per heavy atom. The molecule has 0 saturated heterocycles. The van der Waals surface area contributed by atoms with Crippen molar-refractivity contribution in [3.63, 3.8) is 0 Å². The van der Waals surface area contributed by atoms with Crippen LogP contribution in [0.5, 0.6) is 0 Å². The minimum absolute atomic E-state index is 0. The van der Waals surface area contributed by atoms with E-state index in [1.54, 1.807) is 11.8 Å². The van der Waals surface area contributed by atoms with Crippen molar-refractivity contribution < 1.29 is 39.0 Å². The first-order valence-electron chi connectivity index (χ1n) is 27.9. The van der Waals surface area contributed by atoms with Crippen molar-refractivity contribution >= 4 is 74.1 Å². The summed E-state index contributed by atoms with van der Waals surface area (Å²) in [7, 11) is -3.13. The predicted octanol–water partition coefficient (Wildman–Crippen LogP) is 15.5. The number of benzene rings is 8. The van der Waals surface area contributed by atoms with Gasteiger partial charge in [-0.05, 0) is 97.1 Å². The third-order valence-corrected chi connectivity index (χ3v) is 28.2. The van der Waals surface area contributed by atoms with Crippen molar-refractivity contribution in [3.05, 3.63) is 311 Å². The molecule has 0 saturated carbocycles. The molecular weight excluding hydrogens is 1240 g/mol. The third kappa shape index (κ3) is 20.1. The van der Waals surface area contributed by atoms with Gasteiger partial charge in [-0.25, -0.2) is 34.6 Å². The van der Waals surface area contributed by atoms with Crippen LogP contribution in [0, 0.1) is 93.9 Å². The summed E-state index contributed by atoms with van der Waals surface area (Å²) in [4.78, 5) is 0. The van der Waals surface area contributed by atoms with Crippen LogP contribution in [-0.4, -0.2) is 24.6 Å². The molecule has 0 spiro atoms. The van der Waals surface area contributed by atoms with E-state index >= 15 is 0 Å². The molecule has 0 aromatic heterocycles. The van der Waals surface area contributed by atoms with E-state index in [4.69, 9.17) is 12.8 Å². The minimum Gasteiger partial charge on any atom is -0.731 e. The van der Waals surface area contributed by atoms with Gasteiger partial charge in [0.05, 0.1) is 74.1 Å². The van der Waals surface area contributed by atoms with Gasteiger partial charge in [0.2, 0.25) is 0 Å². The van der Waals surface area contributed by atoms with Gasteiger partial charge >= 0.3 is 39.0 Å². The molecule has 0 amide bonds. The summed E-state index contributed by atoms with van der Waals surface area (Å²) in [5.74, 6) is 3.19. The van der Waals surface area contributed by atoms with E-state index < -0.39 is 31.7 Å². The number of rotatable bonds is 14. The van der Waals surface area contributed by atoms with Gasteiger partial charge in [-0.15, -0.1) is 0 Å². The molecule has 0 fully saturated rings. The molecule has 0 aliphatic rings. The maximum absolute atomic E-state index is 5.90. The molecular formula is C76H82P4Ru2-2. The van der Waals surface area contributed by atoms with Gasteiger partial charge in [-0.1, -0.05) is 180 Å². The zero-order valence-corrected chi connectivity index (χ0v) is 57.1. The van der Waals surface area contributed by atoms with E-state index in [2.05, 4.69) is 312 Å². The summed E-state index contributed by atoms with van der Waals surface area (Å²) < 4.78 is 0. The van der Waals surface area contributed by atoms with Gasteiger partial charge in [0.15, 0.2) is 0 Å². The minimum atomic E-state index is -0.783. The molecule has 82 heavy (non-hydrogen) atoms. The second-order valence-electron chi connectivity index (χ2n) is 20.3. The summed E-state index contributed by atoms with van der Waals surface area (Å²) >= 11 is 0. The van der Waals surface area contributed by atoms with Crippen molar-refractivity contribution in [1.29, 1.82) is 0 Å². The Labute approximate surface area is 525 Å². The summed E-state index contributed by atoms with van der Waals surface area (Å²) in [6.07, 6.45) is 16.8. The SMILES string of the molecule is C[c-]1[c-](C)[c-](C)[c-](C)[c-]1C.Cc1c(C)c(C)[c-](C)c1C.[C-]#CC#[C-].[Ru+].[Ru+].c1ccc([PH+](CC[PH+](c2ccccc2)c2ccccc2)c2ccccc2)cc1.c1ccc([PH+](CC[PH+](c2ccccc2)c2ccccc2)c2ccccc2)cc1. The molecule has 0 aliphatic carbocycles. The molecule has 0 nitrogen and oxygen atoms in total. The quantitative estimate of drug-likeness (QED) is 0.0441. The van der Waals surface area contributed by atoms with E-state index in [0.717, 1.165) is 0 Å². The van der Waals surface area contributed by atoms with Crippen molar-refractivity contribution in [1.82, 2.24) is 0 Å². The van der Waals surface area contributed by atoms with Crippen LogP contribution < -0.4 is 42.4 Å². The van der Waals surface area contributed by atoms with Crippen molar-refractivity contribution in [2.75, 3.05) is 24.6 Å². The van der Waals surface area contributed by atoms with Crippen LogP contribution in [0.15, 0.2) is 243 Å². The monoisotopic (exact) mass is 1320 g/mol. The maximum Gasteiger partial charge on any atom is 1.00 e. The standard InChI is InChI=1S/2C26H24P2.2C10H15.C4.2Ru/c2*1-5-13-23(14-6-1)27(24-15-7-2-8-16-24)21-22-28(25-17-9-3-10-18-25)26-19-11-4-12-20-26;2*1-6-7(2)9(4)10(5)8(6)3;1-3-4-2;;/h2*1-20H,21-22H2;2*1-5H3;;;/q;;-5;-1;-2;2*+1/p+4. The molecule has 10 rings (SSSR count). The fourth-order valence-electron chi connectivity index (χ4n) is 10.2. The number of hydrogen-bond acceptors (Lipinski definition) is 0. The van der Waals surface area contributed by atoms with E-state index in [0.29, 0.717) is 0 Å². The molecule has 0 aliphatic heterocycles. The largest absolute Gasteiger partial charge is 1.00 e. The van der Waals surface area contributed by atoms with E-state index in [1.165, 1.54) is 123 Å². The van der Waals surface area contributed by atoms with Gasteiger partial charge in [0, 0.05) is 0 Å². The van der Waals surface area contributed by atoms with Gasteiger partial charge in [-0.2, -0.15) is 27.8 Å². The predicted molar refractivity (Wildman–Crippen MR) is 367 cm³/mol. The summed E-state index contributed by atoms with van der Waals surface area (Å²) in [5, 5.41) is 12.1. The van der Waals surface area contributed by atoms with Crippen molar-refractivity contribution in [2.45, 2.75) is 69.2 Å². The Morgan fingerprint density at radius 1 is 0.268 bits per heavy atom. The fourth-order valence-corrected chi connectivity index (χ4v) is 22.6. The van der Waals surface area contributed by atoms with Gasteiger partial charge < -0.3 is 52.5 Å². The molecule has 0 atom stereocenters. The molecule has 0 heterocycles. The average Bonchev–Trinajstić information content (AvgIpc) is 3.95. The first-order chi connectivity index (χ1) is 38.9. The Balaban J connectivity index is 0.000000249. The van der Waals surface area contributed by atoms with Crippen molar-refractivity contribution in [3.8, 4) is 11.8 Å². The van der Waals surface area contributed by atoms with Crippen LogP contribution in [0.25, 0.3) is 0 Å². The molecule has 0 bridgehead atoms. The zero-order valence-electron chi connectivity index (χ0n) is 49.6. The molecule has 0 N–H and O–H groups in total. The second kappa shape index (κ2) is 37.0. The van der Waals surface area contributed by atoms with E-state index in [1.807, 2.05) is 0 Å². The molecule has 2 radical (unpaired) electrons. The molecule has 424 valence electrons. The van der Waals surface area contributed by atoms with E-state index in [9.17, 15) is 0 Å². The van der Waals surface area contributed by atoms with Crippen LogP contribution in [0.4, 0.5) is 0 Å². The third-order valence-electron chi connectivity index (χ3n) is 15.9. The summed E-state index contributed by atoms with van der Waals surface area (Å²) in [6.45, 7) is 22.0. The summed E-state index contributed by atoms with van der Waals surface area (Å²) in [6, 6.07) is 89.0. The second-order valence-corrected chi connectivity index (χ2v) is 30.8. The first-order valence-corrected chi connectivity index (χ1v) is 34.8. The Hall–Kier alpha value is -5.45. The zero-order chi connectivity index (χ0) is 57.2. The van der Waals surface area contributed by atoms with Gasteiger partial charge in [0.25, 0.3) is 0 Å². The molecule has 10 aromatic carbocycles. The smallest absolute Gasteiger partial charge is 0.731 e. The van der Waals surface area contributed by atoms with E-state index in [-0.39, 0.29) is 39.0 Å². The van der Waals surface area contributed by atoms with Crippen LogP contribution in [-0.2, 0) is 39.0 Å². The first kappa shape index (κ1) is 69.0. The maximum atomic E-state index is 5.90. The Kier molecular flexibility index (Phi) is 31.1. The molecule has 6 heteroatoms. The van der Waals surface area contributed by atoms with Crippen LogP contribution in [0.1, 0.15) is 55.6 Å². The number of hydrogen-bond donors (Lipinski definition) is 0. The Morgan fingerprint density at radius 3 is 0.500 bits per heavy atom. The molecule has 0 unspecified atom stereocenters. The normalized spacial score (nSPS) is 10.2. The topological polar surface area (TPSA) is 0 Å². The fraction of sp³-hybridized carbons (Fsp3) is 0.184.